The maximum atomic E-state index is 11.6. The van der Waals surface area contributed by atoms with Gasteiger partial charge in [0.25, 0.3) is 0 Å². The lowest BCUT2D eigenvalue weighted by Crippen LogP contribution is -2.40. The summed E-state index contributed by atoms with van der Waals surface area (Å²) in [6.45, 7) is 1.03. The van der Waals surface area contributed by atoms with Gasteiger partial charge in [0.15, 0.2) is 0 Å². The largest absolute Gasteiger partial charge is 0.464 e. The molecule has 0 radical (unpaired) electrons. The Hall–Kier alpha value is -0.610. The zero-order valence-electron chi connectivity index (χ0n) is 10.1. The maximum Gasteiger partial charge on any atom is 0.323 e. The number of methoxy groups -OCH3 is 1. The summed E-state index contributed by atoms with van der Waals surface area (Å²) in [5.74, 6) is 0.0756. The van der Waals surface area contributed by atoms with Crippen LogP contribution in [-0.4, -0.2) is 32.3 Å². The second-order valence-electron chi connectivity index (χ2n) is 4.44. The molecule has 94 valence electrons. The highest BCUT2D eigenvalue weighted by Crippen LogP contribution is 2.26. The van der Waals surface area contributed by atoms with Crippen LogP contribution in [0, 0.1) is 5.92 Å². The summed E-state index contributed by atoms with van der Waals surface area (Å²) in [4.78, 5) is 11.6. The van der Waals surface area contributed by atoms with Crippen molar-refractivity contribution in [1.82, 2.24) is 0 Å². The molecule has 4 heteroatoms. The first-order valence-corrected chi connectivity index (χ1v) is 6.17. The number of nitrogens with two attached hydrogens (primary N) is 1. The fraction of sp³-hybridized carbons (Fsp3) is 0.917. The third-order valence-electron chi connectivity index (χ3n) is 3.17. The van der Waals surface area contributed by atoms with Crippen molar-refractivity contribution in [3.63, 3.8) is 0 Å². The number of hydrogen-bond donors (Lipinski definition) is 1. The monoisotopic (exact) mass is 229 g/mol. The van der Waals surface area contributed by atoms with E-state index < -0.39 is 6.04 Å². The Balaban J connectivity index is 2.18. The van der Waals surface area contributed by atoms with Gasteiger partial charge in [-0.2, -0.15) is 0 Å². The highest BCUT2D eigenvalue weighted by molar-refractivity contribution is 5.75. The molecule has 1 fully saturated rings. The maximum absolute atomic E-state index is 11.6. The van der Waals surface area contributed by atoms with Gasteiger partial charge in [0, 0.05) is 20.1 Å². The SMILES string of the molecule is COCCCOC(=O)C(N)C1CCCCC1. The van der Waals surface area contributed by atoms with Crippen LogP contribution in [0.15, 0.2) is 0 Å². The molecular weight excluding hydrogens is 206 g/mol. The Bertz CT molecular complexity index is 202. The molecule has 0 spiro atoms. The van der Waals surface area contributed by atoms with E-state index in [2.05, 4.69) is 0 Å². The van der Waals surface area contributed by atoms with Crippen LogP contribution in [0.25, 0.3) is 0 Å². The molecule has 0 heterocycles. The van der Waals surface area contributed by atoms with Gasteiger partial charge in [-0.1, -0.05) is 19.3 Å². The van der Waals surface area contributed by atoms with E-state index in [1.807, 2.05) is 0 Å². The van der Waals surface area contributed by atoms with Crippen molar-refractivity contribution in [2.75, 3.05) is 20.3 Å². The molecule has 2 N–H and O–H groups in total. The predicted octanol–water partition coefficient (Wildman–Crippen LogP) is 1.47. The summed E-state index contributed by atoms with van der Waals surface area (Å²) >= 11 is 0. The number of ether oxygens (including phenoxy) is 2. The average molecular weight is 229 g/mol. The Morgan fingerprint density at radius 2 is 2.00 bits per heavy atom. The second-order valence-corrected chi connectivity index (χ2v) is 4.44. The summed E-state index contributed by atoms with van der Waals surface area (Å²) in [6, 6.07) is -0.428. The van der Waals surface area contributed by atoms with E-state index in [4.69, 9.17) is 15.2 Å². The molecule has 1 aliphatic carbocycles. The van der Waals surface area contributed by atoms with Crippen molar-refractivity contribution in [1.29, 1.82) is 0 Å². The van der Waals surface area contributed by atoms with Crippen molar-refractivity contribution in [3.05, 3.63) is 0 Å². The van der Waals surface area contributed by atoms with Gasteiger partial charge in [0.1, 0.15) is 6.04 Å². The molecular formula is C12H23NO3. The van der Waals surface area contributed by atoms with E-state index in [-0.39, 0.29) is 5.97 Å². The Morgan fingerprint density at radius 1 is 1.31 bits per heavy atom. The third kappa shape index (κ3) is 4.49. The molecule has 1 aliphatic rings. The van der Waals surface area contributed by atoms with Crippen molar-refractivity contribution in [2.24, 2.45) is 11.7 Å². The third-order valence-corrected chi connectivity index (χ3v) is 3.17. The molecule has 0 amide bonds. The van der Waals surface area contributed by atoms with Gasteiger partial charge < -0.3 is 15.2 Å². The average Bonchev–Trinajstić information content (AvgIpc) is 2.34. The van der Waals surface area contributed by atoms with E-state index >= 15 is 0 Å². The molecule has 1 atom stereocenters. The van der Waals surface area contributed by atoms with Gasteiger partial charge in [-0.05, 0) is 18.8 Å². The Morgan fingerprint density at radius 3 is 2.62 bits per heavy atom. The number of esters is 1. The van der Waals surface area contributed by atoms with Crippen molar-refractivity contribution in [3.8, 4) is 0 Å². The molecule has 0 aromatic carbocycles. The first kappa shape index (κ1) is 13.5. The molecule has 1 rings (SSSR count). The lowest BCUT2D eigenvalue weighted by atomic mass is 9.84. The second kappa shape index (κ2) is 7.63. The number of rotatable bonds is 6. The zero-order valence-corrected chi connectivity index (χ0v) is 10.1. The summed E-state index contributed by atoms with van der Waals surface area (Å²) < 4.78 is 9.99. The minimum Gasteiger partial charge on any atom is -0.464 e. The normalized spacial score (nSPS) is 19.4. The molecule has 0 saturated heterocycles. The van der Waals surface area contributed by atoms with Gasteiger partial charge in [-0.3, -0.25) is 4.79 Å². The van der Waals surface area contributed by atoms with Crippen LogP contribution in [0.5, 0.6) is 0 Å². The van der Waals surface area contributed by atoms with Gasteiger partial charge in [0.05, 0.1) is 6.61 Å². The first-order chi connectivity index (χ1) is 7.75. The fourth-order valence-electron chi connectivity index (χ4n) is 2.16. The molecule has 0 aromatic heterocycles. The summed E-state index contributed by atoms with van der Waals surface area (Å²) in [5, 5.41) is 0. The van der Waals surface area contributed by atoms with Gasteiger partial charge >= 0.3 is 5.97 Å². The van der Waals surface area contributed by atoms with E-state index in [1.165, 1.54) is 19.3 Å². The number of hydrogen-bond acceptors (Lipinski definition) is 4. The minimum absolute atomic E-state index is 0.247. The number of carbonyl (C=O) groups excluding carboxylic acids is 1. The van der Waals surface area contributed by atoms with Crippen LogP contribution in [-0.2, 0) is 14.3 Å². The van der Waals surface area contributed by atoms with Gasteiger partial charge in [0.2, 0.25) is 0 Å². The Kier molecular flexibility index (Phi) is 6.42. The topological polar surface area (TPSA) is 61.5 Å². The molecule has 1 saturated carbocycles. The summed E-state index contributed by atoms with van der Waals surface area (Å²) in [5.41, 5.74) is 5.90. The van der Waals surface area contributed by atoms with Crippen molar-refractivity contribution >= 4 is 5.97 Å². The molecule has 0 aromatic rings. The van der Waals surface area contributed by atoms with Crippen LogP contribution < -0.4 is 5.73 Å². The van der Waals surface area contributed by atoms with Crippen LogP contribution in [0.3, 0.4) is 0 Å². The van der Waals surface area contributed by atoms with Crippen molar-refractivity contribution in [2.45, 2.75) is 44.6 Å². The summed E-state index contributed by atoms with van der Waals surface area (Å²) in [6.07, 6.45) is 6.51. The minimum atomic E-state index is -0.428. The molecule has 0 bridgehead atoms. The van der Waals surface area contributed by atoms with Crippen molar-refractivity contribution < 1.29 is 14.3 Å². The lowest BCUT2D eigenvalue weighted by Gasteiger charge is -2.25. The summed E-state index contributed by atoms with van der Waals surface area (Å²) in [7, 11) is 1.63. The molecule has 1 unspecified atom stereocenters. The highest BCUT2D eigenvalue weighted by Gasteiger charge is 2.27. The highest BCUT2D eigenvalue weighted by atomic mass is 16.5. The van der Waals surface area contributed by atoms with Crippen LogP contribution in [0.1, 0.15) is 38.5 Å². The van der Waals surface area contributed by atoms with E-state index in [0.29, 0.717) is 19.1 Å². The molecule has 16 heavy (non-hydrogen) atoms. The predicted molar refractivity (Wildman–Crippen MR) is 62.0 cm³/mol. The van der Waals surface area contributed by atoms with Crippen LogP contribution in [0.2, 0.25) is 0 Å². The smallest absolute Gasteiger partial charge is 0.323 e. The van der Waals surface area contributed by atoms with Crippen LogP contribution >= 0.6 is 0 Å². The Labute approximate surface area is 97.5 Å². The quantitative estimate of drug-likeness (QED) is 0.553. The molecule has 4 nitrogen and oxygen atoms in total. The van der Waals surface area contributed by atoms with E-state index in [9.17, 15) is 4.79 Å². The first-order valence-electron chi connectivity index (χ1n) is 6.17. The number of carbonyl (C=O) groups is 1. The fourth-order valence-corrected chi connectivity index (χ4v) is 2.16. The molecule has 0 aliphatic heterocycles. The van der Waals surface area contributed by atoms with E-state index in [0.717, 1.165) is 19.3 Å². The van der Waals surface area contributed by atoms with Gasteiger partial charge in [-0.15, -0.1) is 0 Å². The zero-order chi connectivity index (χ0) is 11.8. The standard InChI is InChI=1S/C12H23NO3/c1-15-8-5-9-16-12(14)11(13)10-6-3-2-4-7-10/h10-11H,2-9,13H2,1H3. The van der Waals surface area contributed by atoms with Crippen LogP contribution in [0.4, 0.5) is 0 Å². The van der Waals surface area contributed by atoms with E-state index in [1.54, 1.807) is 7.11 Å². The lowest BCUT2D eigenvalue weighted by molar-refractivity contribution is -0.147. The van der Waals surface area contributed by atoms with Gasteiger partial charge in [-0.25, -0.2) is 0 Å².